The van der Waals surface area contributed by atoms with E-state index in [0.717, 1.165) is 27.9 Å². The molecule has 0 saturated carbocycles. The third kappa shape index (κ3) is 3.31. The summed E-state index contributed by atoms with van der Waals surface area (Å²) in [6, 6.07) is 18.2. The number of pyridine rings is 1. The second kappa shape index (κ2) is 7.03. The van der Waals surface area contributed by atoms with Crippen LogP contribution in [-0.2, 0) is 0 Å². The van der Waals surface area contributed by atoms with Gasteiger partial charge in [0.05, 0.1) is 5.56 Å². The number of hydrogen-bond donors (Lipinski definition) is 0. The molecule has 5 heteroatoms. The van der Waals surface area contributed by atoms with Crippen molar-refractivity contribution in [2.75, 3.05) is 19.0 Å². The molecular formula is C22H18FN3O. The molecule has 0 bridgehead atoms. The maximum Gasteiger partial charge on any atom is 0.175 e. The Morgan fingerprint density at radius 3 is 2.04 bits per heavy atom. The number of rotatable bonds is 4. The van der Waals surface area contributed by atoms with E-state index in [1.54, 1.807) is 24.5 Å². The minimum Gasteiger partial charge on any atom is -0.378 e. The van der Waals surface area contributed by atoms with E-state index in [4.69, 9.17) is 4.52 Å². The molecule has 27 heavy (non-hydrogen) atoms. The highest BCUT2D eigenvalue weighted by atomic mass is 19.1. The van der Waals surface area contributed by atoms with Gasteiger partial charge in [0, 0.05) is 43.3 Å². The van der Waals surface area contributed by atoms with Gasteiger partial charge in [0.2, 0.25) is 0 Å². The molecule has 0 aliphatic heterocycles. The van der Waals surface area contributed by atoms with Gasteiger partial charge in [-0.2, -0.15) is 0 Å². The Labute approximate surface area is 156 Å². The van der Waals surface area contributed by atoms with Crippen LogP contribution in [0.1, 0.15) is 0 Å². The van der Waals surface area contributed by atoms with E-state index < -0.39 is 0 Å². The van der Waals surface area contributed by atoms with Crippen molar-refractivity contribution in [3.63, 3.8) is 0 Å². The van der Waals surface area contributed by atoms with Gasteiger partial charge in [-0.25, -0.2) is 4.39 Å². The zero-order valence-corrected chi connectivity index (χ0v) is 15.1. The molecule has 0 unspecified atom stereocenters. The van der Waals surface area contributed by atoms with Gasteiger partial charge in [0.25, 0.3) is 0 Å². The standard InChI is InChI=1S/C22H18FN3O/c1-26(2)19-9-5-17(6-10-19)22-20(15-3-7-18(23)8-4-15)21(25-27-22)16-11-13-24-14-12-16/h3-14H,1-2H3. The fourth-order valence-corrected chi connectivity index (χ4v) is 2.99. The number of halogens is 1. The minimum absolute atomic E-state index is 0.280. The first-order chi connectivity index (χ1) is 13.1. The van der Waals surface area contributed by atoms with E-state index in [1.165, 1.54) is 12.1 Å². The predicted molar refractivity (Wildman–Crippen MR) is 105 cm³/mol. The van der Waals surface area contributed by atoms with E-state index in [1.807, 2.05) is 55.4 Å². The van der Waals surface area contributed by atoms with Crippen molar-refractivity contribution in [2.24, 2.45) is 0 Å². The molecule has 4 aromatic rings. The molecule has 134 valence electrons. The minimum atomic E-state index is -0.280. The van der Waals surface area contributed by atoms with E-state index in [2.05, 4.69) is 10.1 Å². The van der Waals surface area contributed by atoms with Crippen LogP contribution in [0.5, 0.6) is 0 Å². The average Bonchev–Trinajstić information content (AvgIpc) is 3.14. The molecule has 0 fully saturated rings. The van der Waals surface area contributed by atoms with Crippen molar-refractivity contribution in [1.82, 2.24) is 10.1 Å². The van der Waals surface area contributed by atoms with E-state index >= 15 is 0 Å². The summed E-state index contributed by atoms with van der Waals surface area (Å²) in [6.07, 6.45) is 3.42. The molecule has 0 atom stereocenters. The molecule has 0 amide bonds. The van der Waals surface area contributed by atoms with Crippen LogP contribution < -0.4 is 4.90 Å². The normalized spacial score (nSPS) is 10.8. The Morgan fingerprint density at radius 1 is 0.778 bits per heavy atom. The largest absolute Gasteiger partial charge is 0.378 e. The van der Waals surface area contributed by atoms with Crippen LogP contribution in [-0.4, -0.2) is 24.2 Å². The number of benzene rings is 2. The molecule has 0 spiro atoms. The molecule has 4 nitrogen and oxygen atoms in total. The molecule has 0 N–H and O–H groups in total. The molecule has 4 rings (SSSR count). The number of nitrogens with zero attached hydrogens (tertiary/aromatic N) is 3. The summed E-state index contributed by atoms with van der Waals surface area (Å²) in [5.74, 6) is 0.372. The SMILES string of the molecule is CN(C)c1ccc(-c2onc(-c3ccncc3)c2-c2ccc(F)cc2)cc1. The smallest absolute Gasteiger partial charge is 0.175 e. The maximum absolute atomic E-state index is 13.4. The van der Waals surface area contributed by atoms with Crippen LogP contribution in [0.3, 0.4) is 0 Å². The Hall–Kier alpha value is -3.47. The van der Waals surface area contributed by atoms with Crippen LogP contribution >= 0.6 is 0 Å². The van der Waals surface area contributed by atoms with Gasteiger partial charge in [-0.15, -0.1) is 0 Å². The lowest BCUT2D eigenvalue weighted by molar-refractivity contribution is 0.435. The fraction of sp³-hybridized carbons (Fsp3) is 0.0909. The quantitative estimate of drug-likeness (QED) is 0.497. The lowest BCUT2D eigenvalue weighted by Gasteiger charge is -2.12. The number of hydrogen-bond acceptors (Lipinski definition) is 4. The molecule has 2 aromatic carbocycles. The van der Waals surface area contributed by atoms with E-state index in [9.17, 15) is 4.39 Å². The third-order valence-corrected chi connectivity index (χ3v) is 4.42. The van der Waals surface area contributed by atoms with Gasteiger partial charge >= 0.3 is 0 Å². The van der Waals surface area contributed by atoms with Crippen molar-refractivity contribution in [2.45, 2.75) is 0 Å². The Morgan fingerprint density at radius 2 is 1.41 bits per heavy atom. The van der Waals surface area contributed by atoms with Crippen molar-refractivity contribution in [1.29, 1.82) is 0 Å². The van der Waals surface area contributed by atoms with Gasteiger partial charge in [-0.1, -0.05) is 17.3 Å². The lowest BCUT2D eigenvalue weighted by Crippen LogP contribution is -2.07. The van der Waals surface area contributed by atoms with E-state index in [0.29, 0.717) is 11.5 Å². The van der Waals surface area contributed by atoms with Crippen molar-refractivity contribution in [3.05, 3.63) is 78.9 Å². The molecule has 0 aliphatic rings. The summed E-state index contributed by atoms with van der Waals surface area (Å²) >= 11 is 0. The Kier molecular flexibility index (Phi) is 4.42. The van der Waals surface area contributed by atoms with Crippen LogP contribution in [0.2, 0.25) is 0 Å². The van der Waals surface area contributed by atoms with Gasteiger partial charge in [-0.05, 0) is 54.1 Å². The monoisotopic (exact) mass is 359 g/mol. The highest BCUT2D eigenvalue weighted by Crippen LogP contribution is 2.40. The first-order valence-electron chi connectivity index (χ1n) is 8.57. The molecule has 0 saturated heterocycles. The van der Waals surface area contributed by atoms with Crippen molar-refractivity contribution < 1.29 is 8.91 Å². The molecule has 0 aliphatic carbocycles. The summed E-state index contributed by atoms with van der Waals surface area (Å²) in [6.45, 7) is 0. The first kappa shape index (κ1) is 17.0. The highest BCUT2D eigenvalue weighted by Gasteiger charge is 2.20. The van der Waals surface area contributed by atoms with E-state index in [-0.39, 0.29) is 5.82 Å². The first-order valence-corrected chi connectivity index (χ1v) is 8.57. The Balaban J connectivity index is 1.89. The van der Waals surface area contributed by atoms with Crippen molar-refractivity contribution in [3.8, 4) is 33.7 Å². The zero-order valence-electron chi connectivity index (χ0n) is 15.1. The molecular weight excluding hydrogens is 341 g/mol. The van der Waals surface area contributed by atoms with Gasteiger partial charge in [0.1, 0.15) is 11.5 Å². The summed E-state index contributed by atoms with van der Waals surface area (Å²) in [4.78, 5) is 6.10. The highest BCUT2D eigenvalue weighted by molar-refractivity contribution is 5.90. The van der Waals surface area contributed by atoms with Gasteiger partial charge in [-0.3, -0.25) is 4.98 Å². The molecule has 2 heterocycles. The Bertz CT molecular complexity index is 1040. The molecule has 0 radical (unpaired) electrons. The second-order valence-corrected chi connectivity index (χ2v) is 6.42. The van der Waals surface area contributed by atoms with Gasteiger partial charge < -0.3 is 9.42 Å². The summed E-state index contributed by atoms with van der Waals surface area (Å²) < 4.78 is 19.2. The van der Waals surface area contributed by atoms with Crippen LogP contribution in [0.4, 0.5) is 10.1 Å². The summed E-state index contributed by atoms with van der Waals surface area (Å²) in [5.41, 5.74) is 5.28. The topological polar surface area (TPSA) is 42.2 Å². The third-order valence-electron chi connectivity index (χ3n) is 4.42. The second-order valence-electron chi connectivity index (χ2n) is 6.42. The summed E-state index contributed by atoms with van der Waals surface area (Å²) in [5, 5.41) is 4.31. The maximum atomic E-state index is 13.4. The number of anilines is 1. The van der Waals surface area contributed by atoms with Crippen LogP contribution in [0, 0.1) is 5.82 Å². The lowest BCUT2D eigenvalue weighted by atomic mass is 9.96. The average molecular weight is 359 g/mol. The van der Waals surface area contributed by atoms with Gasteiger partial charge in [0.15, 0.2) is 5.76 Å². The predicted octanol–water partition coefficient (Wildman–Crippen LogP) is 5.28. The fourth-order valence-electron chi connectivity index (χ4n) is 2.99. The number of aromatic nitrogens is 2. The van der Waals surface area contributed by atoms with Crippen LogP contribution in [0.15, 0.2) is 77.6 Å². The zero-order chi connectivity index (χ0) is 18.8. The summed E-state index contributed by atoms with van der Waals surface area (Å²) in [7, 11) is 3.99. The van der Waals surface area contributed by atoms with Crippen molar-refractivity contribution >= 4 is 5.69 Å². The molecule has 2 aromatic heterocycles. The van der Waals surface area contributed by atoms with Crippen LogP contribution in [0.25, 0.3) is 33.7 Å².